The standard InChI is InChI=1S/C18H36N2O/c1-13-8-10-18(11-9-13,20(6)7)15(19)14-12-16(2,3)21-17(14,4)5/h13-15H,8-12,19H2,1-7H3. The quantitative estimate of drug-likeness (QED) is 0.867. The Morgan fingerprint density at radius 1 is 1.10 bits per heavy atom. The maximum absolute atomic E-state index is 6.91. The van der Waals surface area contributed by atoms with E-state index < -0.39 is 0 Å². The lowest BCUT2D eigenvalue weighted by atomic mass is 9.65. The van der Waals surface area contributed by atoms with Gasteiger partial charge in [-0.3, -0.25) is 0 Å². The zero-order valence-corrected chi connectivity index (χ0v) is 15.2. The summed E-state index contributed by atoms with van der Waals surface area (Å²) >= 11 is 0. The van der Waals surface area contributed by atoms with Crippen LogP contribution < -0.4 is 5.73 Å². The molecule has 1 aliphatic carbocycles. The van der Waals surface area contributed by atoms with E-state index in [1.165, 1.54) is 25.7 Å². The fraction of sp³-hybridized carbons (Fsp3) is 1.00. The van der Waals surface area contributed by atoms with E-state index in [1.54, 1.807) is 0 Å². The van der Waals surface area contributed by atoms with Gasteiger partial charge in [0.15, 0.2) is 0 Å². The molecule has 21 heavy (non-hydrogen) atoms. The van der Waals surface area contributed by atoms with Gasteiger partial charge in [-0.15, -0.1) is 0 Å². The van der Waals surface area contributed by atoms with Crippen LogP contribution in [0, 0.1) is 11.8 Å². The van der Waals surface area contributed by atoms with Crippen molar-refractivity contribution in [2.24, 2.45) is 17.6 Å². The first-order chi connectivity index (χ1) is 9.50. The summed E-state index contributed by atoms with van der Waals surface area (Å²) in [5.74, 6) is 1.26. The van der Waals surface area contributed by atoms with Crippen LogP contribution in [0.25, 0.3) is 0 Å². The molecule has 1 saturated carbocycles. The minimum Gasteiger partial charge on any atom is -0.369 e. The van der Waals surface area contributed by atoms with Crippen LogP contribution in [0.2, 0.25) is 0 Å². The lowest BCUT2D eigenvalue weighted by Gasteiger charge is -2.51. The van der Waals surface area contributed by atoms with E-state index in [9.17, 15) is 0 Å². The van der Waals surface area contributed by atoms with E-state index >= 15 is 0 Å². The van der Waals surface area contributed by atoms with Crippen LogP contribution in [0.1, 0.15) is 66.7 Å². The first kappa shape index (κ1) is 17.2. The number of hydrogen-bond acceptors (Lipinski definition) is 3. The van der Waals surface area contributed by atoms with E-state index in [2.05, 4.69) is 53.6 Å². The molecule has 1 saturated heterocycles. The minimum atomic E-state index is -0.130. The van der Waals surface area contributed by atoms with Crippen LogP contribution in [0.5, 0.6) is 0 Å². The lowest BCUT2D eigenvalue weighted by Crippen LogP contribution is -2.63. The zero-order valence-electron chi connectivity index (χ0n) is 15.2. The molecule has 3 heteroatoms. The number of nitrogens with zero attached hydrogens (tertiary/aromatic N) is 1. The Bertz CT molecular complexity index is 367. The molecule has 0 radical (unpaired) electrons. The maximum Gasteiger partial charge on any atom is 0.0678 e. The Hall–Kier alpha value is -0.120. The van der Waals surface area contributed by atoms with Crippen LogP contribution >= 0.6 is 0 Å². The molecule has 1 heterocycles. The normalized spacial score (nSPS) is 40.4. The van der Waals surface area contributed by atoms with Gasteiger partial charge in [0.05, 0.1) is 11.2 Å². The second-order valence-corrected chi connectivity index (χ2v) is 8.98. The van der Waals surface area contributed by atoms with Crippen molar-refractivity contribution in [3.05, 3.63) is 0 Å². The summed E-state index contributed by atoms with van der Waals surface area (Å²) in [5.41, 5.74) is 6.86. The second kappa shape index (κ2) is 5.50. The smallest absolute Gasteiger partial charge is 0.0678 e. The molecule has 2 aliphatic rings. The van der Waals surface area contributed by atoms with Crippen molar-refractivity contribution in [3.8, 4) is 0 Å². The molecule has 0 aromatic carbocycles. The predicted molar refractivity (Wildman–Crippen MR) is 89.4 cm³/mol. The fourth-order valence-electron chi connectivity index (χ4n) is 4.88. The van der Waals surface area contributed by atoms with Gasteiger partial charge in [-0.2, -0.15) is 0 Å². The van der Waals surface area contributed by atoms with Gasteiger partial charge in [-0.1, -0.05) is 6.92 Å². The SMILES string of the molecule is CC1CCC(C(N)C2CC(C)(C)OC2(C)C)(N(C)C)CC1. The van der Waals surface area contributed by atoms with Gasteiger partial charge in [0.2, 0.25) is 0 Å². The van der Waals surface area contributed by atoms with Crippen molar-refractivity contribution in [1.29, 1.82) is 0 Å². The van der Waals surface area contributed by atoms with Gasteiger partial charge in [-0.05, 0) is 79.8 Å². The van der Waals surface area contributed by atoms with Crippen molar-refractivity contribution in [1.82, 2.24) is 4.90 Å². The summed E-state index contributed by atoms with van der Waals surface area (Å²) in [4.78, 5) is 2.41. The molecule has 124 valence electrons. The molecule has 2 atom stereocenters. The summed E-state index contributed by atoms with van der Waals surface area (Å²) in [5, 5.41) is 0. The van der Waals surface area contributed by atoms with E-state index in [-0.39, 0.29) is 22.8 Å². The topological polar surface area (TPSA) is 38.5 Å². The molecule has 2 N–H and O–H groups in total. The van der Waals surface area contributed by atoms with Crippen LogP contribution in [0.15, 0.2) is 0 Å². The molecule has 1 aliphatic heterocycles. The third kappa shape index (κ3) is 3.16. The molecule has 0 aromatic heterocycles. The van der Waals surface area contributed by atoms with Crippen LogP contribution in [0.4, 0.5) is 0 Å². The summed E-state index contributed by atoms with van der Waals surface area (Å²) in [6.45, 7) is 11.2. The fourth-order valence-corrected chi connectivity index (χ4v) is 4.88. The summed E-state index contributed by atoms with van der Waals surface area (Å²) in [6, 6.07) is 0.178. The van der Waals surface area contributed by atoms with Gasteiger partial charge >= 0.3 is 0 Å². The molecule has 0 bridgehead atoms. The molecule has 0 aromatic rings. The molecular weight excluding hydrogens is 260 g/mol. The number of nitrogens with two attached hydrogens (primary N) is 1. The highest BCUT2D eigenvalue weighted by Crippen LogP contribution is 2.48. The first-order valence-corrected chi connectivity index (χ1v) is 8.63. The van der Waals surface area contributed by atoms with Crippen molar-refractivity contribution < 1.29 is 4.74 Å². The molecule has 2 fully saturated rings. The number of likely N-dealkylation sites (N-methyl/N-ethyl adjacent to an activating group) is 1. The largest absolute Gasteiger partial charge is 0.369 e. The summed E-state index contributed by atoms with van der Waals surface area (Å²) < 4.78 is 6.31. The number of ether oxygens (including phenoxy) is 1. The van der Waals surface area contributed by atoms with Gasteiger partial charge in [0.25, 0.3) is 0 Å². The first-order valence-electron chi connectivity index (χ1n) is 8.63. The Morgan fingerprint density at radius 2 is 1.62 bits per heavy atom. The lowest BCUT2D eigenvalue weighted by molar-refractivity contribution is -0.0846. The third-order valence-electron chi connectivity index (χ3n) is 6.23. The molecule has 0 spiro atoms. The van der Waals surface area contributed by atoms with E-state index in [1.807, 2.05) is 0 Å². The molecule has 2 rings (SSSR count). The predicted octanol–water partition coefficient (Wildman–Crippen LogP) is 3.42. The van der Waals surface area contributed by atoms with Gasteiger partial charge in [0.1, 0.15) is 0 Å². The van der Waals surface area contributed by atoms with E-state index in [0.717, 1.165) is 12.3 Å². The Balaban J connectivity index is 2.25. The van der Waals surface area contributed by atoms with E-state index in [0.29, 0.717) is 5.92 Å². The van der Waals surface area contributed by atoms with Crippen molar-refractivity contribution in [3.63, 3.8) is 0 Å². The van der Waals surface area contributed by atoms with Gasteiger partial charge in [0, 0.05) is 17.5 Å². The highest BCUT2D eigenvalue weighted by Gasteiger charge is 2.54. The third-order valence-corrected chi connectivity index (χ3v) is 6.23. The highest BCUT2D eigenvalue weighted by atomic mass is 16.5. The summed E-state index contributed by atoms with van der Waals surface area (Å²) in [6.07, 6.45) is 6.09. The van der Waals surface area contributed by atoms with Crippen LogP contribution in [-0.4, -0.2) is 41.8 Å². The van der Waals surface area contributed by atoms with Crippen LogP contribution in [0.3, 0.4) is 0 Å². The number of rotatable bonds is 3. The zero-order chi connectivity index (χ0) is 16.1. The van der Waals surface area contributed by atoms with E-state index in [4.69, 9.17) is 10.5 Å². The number of hydrogen-bond donors (Lipinski definition) is 1. The second-order valence-electron chi connectivity index (χ2n) is 8.98. The Labute approximate surface area is 131 Å². The monoisotopic (exact) mass is 296 g/mol. The minimum absolute atomic E-state index is 0.0543. The molecule has 3 nitrogen and oxygen atoms in total. The average molecular weight is 296 g/mol. The van der Waals surface area contributed by atoms with Gasteiger partial charge in [-0.25, -0.2) is 0 Å². The van der Waals surface area contributed by atoms with Crippen LogP contribution in [-0.2, 0) is 4.74 Å². The van der Waals surface area contributed by atoms with Crippen molar-refractivity contribution in [2.45, 2.75) is 89.5 Å². The molecular formula is C18H36N2O. The Morgan fingerprint density at radius 3 is 2.00 bits per heavy atom. The summed E-state index contributed by atoms with van der Waals surface area (Å²) in [7, 11) is 4.42. The average Bonchev–Trinajstić information content (AvgIpc) is 2.57. The molecule has 2 unspecified atom stereocenters. The van der Waals surface area contributed by atoms with Crippen molar-refractivity contribution in [2.75, 3.05) is 14.1 Å². The van der Waals surface area contributed by atoms with Gasteiger partial charge < -0.3 is 15.4 Å². The maximum atomic E-state index is 6.91. The Kier molecular flexibility index (Phi) is 4.52. The molecule has 0 amide bonds. The van der Waals surface area contributed by atoms with Crippen molar-refractivity contribution >= 4 is 0 Å². The highest BCUT2D eigenvalue weighted by molar-refractivity contribution is 5.09.